The van der Waals surface area contributed by atoms with E-state index in [1.807, 2.05) is 0 Å². The number of phosphoric ester groups is 5. The molecular formula is C66H91N25O36P6. The van der Waals surface area contributed by atoms with Crippen LogP contribution in [0.3, 0.4) is 0 Å². The smallest absolute Gasteiger partial charge is 0.382 e. The van der Waals surface area contributed by atoms with E-state index in [2.05, 4.69) is 70.1 Å². The number of fused-ring (bicyclic) bond motifs is 4. The minimum absolute atomic E-state index is 0.0418. The van der Waals surface area contributed by atoms with E-state index < -0.39 is 269 Å². The summed E-state index contributed by atoms with van der Waals surface area (Å²) in [5.41, 5.74) is 25.2. The Kier molecular flexibility index (Phi) is 28.1. The zero-order valence-electron chi connectivity index (χ0n) is 70.3. The molecule has 0 radical (unpaired) electrons. The van der Waals surface area contributed by atoms with Crippen molar-refractivity contribution >= 4 is 121 Å². The van der Waals surface area contributed by atoms with Crippen molar-refractivity contribution in [2.75, 3.05) is 69.7 Å². The van der Waals surface area contributed by atoms with E-state index in [0.717, 1.165) is 50.9 Å². The normalized spacial score (nSPS) is 30.3. The van der Waals surface area contributed by atoms with Crippen molar-refractivity contribution in [1.29, 1.82) is 0 Å². The molecule has 26 atom stereocenters. The van der Waals surface area contributed by atoms with Gasteiger partial charge in [-0.15, -0.1) is 0 Å². The Balaban J connectivity index is 0.623. The molecule has 20 N–H and O–H groups in total. The summed E-state index contributed by atoms with van der Waals surface area (Å²) >= 11 is 0. The maximum absolute atomic E-state index is 14.7. The summed E-state index contributed by atoms with van der Waals surface area (Å²) < 4.78 is 203. The maximum Gasteiger partial charge on any atom is 0.472 e. The minimum atomic E-state index is -5.69. The third kappa shape index (κ3) is 21.6. The second-order valence-electron chi connectivity index (χ2n) is 31.7. The molecule has 0 bridgehead atoms. The number of rotatable bonds is 38. The van der Waals surface area contributed by atoms with Gasteiger partial charge in [0.1, 0.15) is 128 Å². The average molecular weight is 2000 g/mol. The molecule has 26 unspecified atom stereocenters. The second-order valence-corrected chi connectivity index (χ2v) is 41.1. The molecule has 133 heavy (non-hydrogen) atoms. The minimum Gasteiger partial charge on any atom is -0.382 e. The summed E-state index contributed by atoms with van der Waals surface area (Å²) in [6.45, 7) is 1.77. The van der Waals surface area contributed by atoms with Crippen LogP contribution in [0.25, 0.3) is 44.7 Å². The van der Waals surface area contributed by atoms with Crippen LogP contribution in [0.2, 0.25) is 0 Å². The maximum atomic E-state index is 14.7. The second kappa shape index (κ2) is 38.5. The van der Waals surface area contributed by atoms with Crippen molar-refractivity contribution in [2.45, 2.75) is 201 Å². The largest absolute Gasteiger partial charge is 0.472 e. The molecule has 7 aliphatic rings. The van der Waals surface area contributed by atoms with E-state index in [1.165, 1.54) is 56.6 Å². The van der Waals surface area contributed by atoms with E-state index in [9.17, 15) is 80.7 Å². The highest BCUT2D eigenvalue weighted by Gasteiger charge is 2.55. The van der Waals surface area contributed by atoms with Crippen LogP contribution in [0.15, 0.2) is 75.6 Å². The van der Waals surface area contributed by atoms with Crippen molar-refractivity contribution < 1.29 is 149 Å². The number of aryl methyl sites for hydroxylation is 1. The van der Waals surface area contributed by atoms with Gasteiger partial charge in [-0.3, -0.25) is 107 Å². The Hall–Kier alpha value is -8.97. The van der Waals surface area contributed by atoms with Crippen LogP contribution in [0, 0.1) is 6.92 Å². The summed E-state index contributed by atoms with van der Waals surface area (Å²) in [5.74, 6) is -0.758. The molecule has 726 valence electrons. The summed E-state index contributed by atoms with van der Waals surface area (Å²) in [4.78, 5) is 184. The van der Waals surface area contributed by atoms with Gasteiger partial charge in [0.2, 0.25) is 11.9 Å². The monoisotopic (exact) mass is 2000 g/mol. The zero-order chi connectivity index (χ0) is 95.0. The highest BCUT2D eigenvalue weighted by atomic mass is 31.2. The number of nitrogen functional groups attached to an aromatic ring is 4. The number of aromatic nitrogens is 18. The lowest BCUT2D eigenvalue weighted by atomic mass is 10.1. The van der Waals surface area contributed by atoms with Crippen molar-refractivity contribution in [1.82, 2.24) is 97.8 Å². The average Bonchev–Trinajstić information content (AvgIpc) is 1.61. The fraction of sp³-hybridized carbons (Fsp3) is 0.591. The molecule has 67 heteroatoms. The van der Waals surface area contributed by atoms with Gasteiger partial charge in [-0.2, -0.15) is 9.97 Å². The van der Waals surface area contributed by atoms with Gasteiger partial charge in [-0.05, 0) is 26.8 Å². The van der Waals surface area contributed by atoms with Crippen LogP contribution in [0.5, 0.6) is 0 Å². The lowest BCUT2D eigenvalue weighted by Crippen LogP contribution is -2.52. The van der Waals surface area contributed by atoms with Gasteiger partial charge >= 0.3 is 58.4 Å². The van der Waals surface area contributed by atoms with Gasteiger partial charge in [-0.1, -0.05) is 13.8 Å². The number of aromatic amines is 3. The molecule has 2 amide bonds. The van der Waals surface area contributed by atoms with Crippen LogP contribution in [0.1, 0.15) is 96.5 Å². The highest BCUT2D eigenvalue weighted by Crippen LogP contribution is 2.58. The zero-order valence-corrected chi connectivity index (χ0v) is 75.7. The van der Waals surface area contributed by atoms with Crippen LogP contribution >= 0.6 is 46.7 Å². The summed E-state index contributed by atoms with van der Waals surface area (Å²) in [6, 6.07) is -0.756. The molecule has 0 aromatic carbocycles. The predicted octanol–water partition coefficient (Wildman–Crippen LogP) is 0.0361. The Bertz CT molecular complexity index is 6440. The number of H-pyrrole nitrogens is 3. The summed E-state index contributed by atoms with van der Waals surface area (Å²) in [7, 11) is -31.0. The fourth-order valence-corrected chi connectivity index (χ4v) is 21.1. The molecule has 6 saturated heterocycles. The SMILES string of the molecule is COC1C(OP(=O)(O)OCC2OC(n3cnc4c(N)ncnc43)CC2OC(C)C)C(COP(=O)(O)OC2CC(n3cnc4c(N)ncnc43)OC2COP(=O)(O)OC2CC(n3cc(C)c(=O)[nH]c3=O)OC2COP(=O)(O)OC2CC(n3cnc4c(=O)[nH]c(N)nc43)OC2COP(=O)(O)OC2CC(N3C=CC(N)NC3=O)OC2COP(=O)(O)C(C)C)OC1n1cnc2c(=O)[nH]c(N)nc21. The number of ether oxygens (including phenoxy) is 8. The third-order valence-electron chi connectivity index (χ3n) is 21.9. The standard InChI is InChI=1S/C66H91N25O36P6/c1-27(2)116-30-9-44(88-23-76-47-53(68)72-21-74-55(47)88)117-35(30)16-114-133(107,108)127-51-40(122-62(52(51)109-6)91-26-79-50-58(91)82-64(71)84-61(50)94)20-115-132(105,106)126-33-12-45(89-24-77-48-54(69)73-22-75-56(48)89)120-38(33)18-112-130(101,102)124-32-11-43(87-14-29(5)59(92)85-66(87)96)119-37(32)17-111-131(103,104)125-34-13-46(90-25-78-49-57(90)81-63(70)83-60(49)93)121-39(34)19-113-129(99,100)123-31-10-42(86-8-7-41(67)80-65(86)95)118-36(31)15-110-128(97,98)28(3)4/h7-8,14,21-28,30-46,51-52,62H,9-13,15-20,67H2,1-6H3,(H,80,95)(H,97,98)(H,99,100)(H,101,102)(H,103,104)(H,105,106)(H,107,108)(H2,68,72,74)(H2,69,73,75)(H,85,92,96)(H3,70,81,83,93)(H3,71,82,84,94). The van der Waals surface area contributed by atoms with Gasteiger partial charge in [0.15, 0.2) is 51.5 Å². The van der Waals surface area contributed by atoms with E-state index in [1.54, 1.807) is 18.4 Å². The number of carbonyl (C=O) groups is 1. The fourth-order valence-electron chi connectivity index (χ4n) is 15.6. The van der Waals surface area contributed by atoms with Crippen LogP contribution in [-0.4, -0.2) is 278 Å². The van der Waals surface area contributed by atoms with Gasteiger partial charge in [0, 0.05) is 57.2 Å². The molecular weight excluding hydrogens is 1900 g/mol. The number of nitrogens with two attached hydrogens (primary N) is 5. The first-order chi connectivity index (χ1) is 62.8. The lowest BCUT2D eigenvalue weighted by molar-refractivity contribution is -0.0777. The van der Waals surface area contributed by atoms with Gasteiger partial charge in [0.05, 0.1) is 89.0 Å². The number of carbonyl (C=O) groups excluding carboxylic acids is 1. The first kappa shape index (κ1) is 97.1. The molecule has 0 spiro atoms. The third-order valence-corrected chi connectivity index (χ3v) is 28.8. The van der Waals surface area contributed by atoms with Crippen LogP contribution < -0.4 is 56.4 Å². The number of imidazole rings is 4. The number of hydrogen-bond donors (Lipinski definition) is 15. The van der Waals surface area contributed by atoms with Crippen LogP contribution in [-0.2, 0) is 115 Å². The molecule has 6 fully saturated rings. The Morgan fingerprint density at radius 2 is 0.835 bits per heavy atom. The molecule has 16 rings (SSSR count). The number of amides is 2. The number of nitrogens with zero attached hydrogens (tertiary/aromatic N) is 16. The molecule has 16 heterocycles. The first-order valence-electron chi connectivity index (χ1n) is 40.4. The number of methoxy groups -OCH3 is 1. The van der Waals surface area contributed by atoms with E-state index >= 15 is 0 Å². The first-order valence-corrected chi connectivity index (χ1v) is 49.5. The topological polar surface area (TPSA) is 831 Å². The van der Waals surface area contributed by atoms with Gasteiger partial charge < -0.3 is 106 Å². The number of phosphoric acid groups is 5. The van der Waals surface area contributed by atoms with Gasteiger partial charge in [-0.25, -0.2) is 72.3 Å². The number of nitrogens with one attached hydrogen (secondary N) is 4. The summed E-state index contributed by atoms with van der Waals surface area (Å²) in [5, 5.41) is 2.45. The van der Waals surface area contributed by atoms with Gasteiger partial charge in [0.25, 0.3) is 16.7 Å². The molecule has 9 aromatic heterocycles. The van der Waals surface area contributed by atoms with E-state index in [4.69, 9.17) is 116 Å². The Morgan fingerprint density at radius 3 is 1.28 bits per heavy atom. The molecule has 0 saturated carbocycles. The van der Waals surface area contributed by atoms with Crippen molar-refractivity contribution in [3.05, 3.63) is 104 Å². The number of urea groups is 1. The number of hydrogen-bond acceptors (Lipinski definition) is 45. The highest BCUT2D eigenvalue weighted by molar-refractivity contribution is 7.53. The lowest BCUT2D eigenvalue weighted by Gasteiger charge is -2.30. The molecule has 61 nitrogen and oxygen atoms in total. The number of anilines is 4. The Morgan fingerprint density at radius 1 is 0.451 bits per heavy atom. The molecule has 0 aliphatic carbocycles. The quantitative estimate of drug-likeness (QED) is 0.0227. The van der Waals surface area contributed by atoms with Crippen LogP contribution in [0.4, 0.5) is 28.3 Å². The van der Waals surface area contributed by atoms with Crippen molar-refractivity contribution in [3.8, 4) is 0 Å². The Labute approximate surface area is 745 Å². The van der Waals surface area contributed by atoms with Crippen molar-refractivity contribution in [3.63, 3.8) is 0 Å². The predicted molar refractivity (Wildman–Crippen MR) is 444 cm³/mol. The summed E-state index contributed by atoms with van der Waals surface area (Å²) in [6.07, 6.45) is -21.0. The van der Waals surface area contributed by atoms with Crippen molar-refractivity contribution in [2.24, 2.45) is 5.73 Å². The van der Waals surface area contributed by atoms with E-state index in [0.29, 0.717) is 5.65 Å². The molecule has 7 aliphatic heterocycles. The molecule has 9 aromatic rings. The van der Waals surface area contributed by atoms with E-state index in [-0.39, 0.29) is 80.9 Å².